The Morgan fingerprint density at radius 2 is 1.84 bits per heavy atom. The summed E-state index contributed by atoms with van der Waals surface area (Å²) in [5.41, 5.74) is 1.02. The molecule has 0 bridgehead atoms. The van der Waals surface area contributed by atoms with Crippen LogP contribution in [-0.2, 0) is 10.3 Å². The van der Waals surface area contributed by atoms with E-state index < -0.39 is 29.2 Å². The van der Waals surface area contributed by atoms with E-state index in [2.05, 4.69) is 26.6 Å². The monoisotopic (exact) mass is 425 g/mol. The third-order valence-corrected chi connectivity index (χ3v) is 5.88. The van der Waals surface area contributed by atoms with E-state index in [0.29, 0.717) is 26.2 Å². The number of aryl methyl sites for hydroxylation is 2. The van der Waals surface area contributed by atoms with Gasteiger partial charge in [-0.2, -0.15) is 0 Å². The number of nitrogens with one attached hydrogen (secondary N) is 2. The number of rotatable bonds is 3. The zero-order valence-corrected chi connectivity index (χ0v) is 17.7. The summed E-state index contributed by atoms with van der Waals surface area (Å²) in [7, 11) is 0. The molecule has 2 saturated heterocycles. The van der Waals surface area contributed by atoms with Crippen LogP contribution in [0.1, 0.15) is 34.0 Å². The van der Waals surface area contributed by atoms with Gasteiger partial charge in [-0.1, -0.05) is 12.1 Å². The zero-order valence-electron chi connectivity index (χ0n) is 17.7. The van der Waals surface area contributed by atoms with Crippen molar-refractivity contribution in [2.45, 2.75) is 26.3 Å². The number of pyridine rings is 1. The molecule has 8 nitrogen and oxygen atoms in total. The largest absolute Gasteiger partial charge is 0.353 e. The van der Waals surface area contributed by atoms with E-state index in [0.717, 1.165) is 23.0 Å². The molecule has 4 rings (SSSR count). The van der Waals surface area contributed by atoms with Crippen molar-refractivity contribution in [1.82, 2.24) is 20.5 Å². The number of aromatic nitrogens is 1. The topological polar surface area (TPSA) is 94.6 Å². The highest BCUT2D eigenvalue weighted by atomic mass is 19.1. The summed E-state index contributed by atoms with van der Waals surface area (Å²) >= 11 is 0. The second-order valence-corrected chi connectivity index (χ2v) is 8.16. The van der Waals surface area contributed by atoms with Crippen LogP contribution in [0.2, 0.25) is 0 Å². The number of halogens is 1. The number of piperazine rings is 1. The lowest BCUT2D eigenvalue weighted by Crippen LogP contribution is -2.49. The maximum atomic E-state index is 14.8. The van der Waals surface area contributed by atoms with E-state index >= 15 is 0 Å². The average molecular weight is 425 g/mol. The molecule has 0 spiro atoms. The number of hydrogen-bond donors (Lipinski definition) is 2. The smallest absolute Gasteiger partial charge is 0.322 e. The molecule has 2 fully saturated rings. The molecule has 162 valence electrons. The Hall–Kier alpha value is -3.49. The first-order chi connectivity index (χ1) is 14.7. The summed E-state index contributed by atoms with van der Waals surface area (Å²) in [5.74, 6) is -0.788. The molecule has 0 unspecified atom stereocenters. The van der Waals surface area contributed by atoms with Crippen LogP contribution in [0, 0.1) is 19.7 Å². The molecule has 4 amide bonds. The first kappa shape index (κ1) is 20.8. The normalized spacial score (nSPS) is 21.2. The lowest BCUT2D eigenvalue weighted by Gasteiger charge is -2.36. The number of urea groups is 1. The zero-order chi connectivity index (χ0) is 22.3. The Morgan fingerprint density at radius 1 is 1.13 bits per heavy atom. The molecular weight excluding hydrogens is 401 g/mol. The quantitative estimate of drug-likeness (QED) is 0.732. The SMILES string of the molecule is Cc1cnc(N2CCN(C(=O)c3ccc([C@@]4(C)NC(=O)NC4=O)cc3F)CC2)c(C)c1. The second-order valence-electron chi connectivity index (χ2n) is 8.16. The maximum absolute atomic E-state index is 14.8. The van der Waals surface area contributed by atoms with Crippen molar-refractivity contribution in [1.29, 1.82) is 0 Å². The number of hydrogen-bond acceptors (Lipinski definition) is 5. The predicted octanol–water partition coefficient (Wildman–Crippen LogP) is 1.85. The van der Waals surface area contributed by atoms with Gasteiger partial charge in [-0.15, -0.1) is 0 Å². The Kier molecular flexibility index (Phi) is 5.12. The number of anilines is 1. The van der Waals surface area contributed by atoms with Crippen molar-refractivity contribution >= 4 is 23.7 Å². The minimum atomic E-state index is -1.37. The van der Waals surface area contributed by atoms with Crippen LogP contribution in [-0.4, -0.2) is 53.9 Å². The number of amides is 4. The van der Waals surface area contributed by atoms with Gasteiger partial charge in [0.25, 0.3) is 11.8 Å². The van der Waals surface area contributed by atoms with Crippen molar-refractivity contribution in [2.24, 2.45) is 0 Å². The van der Waals surface area contributed by atoms with Gasteiger partial charge in [-0.25, -0.2) is 14.2 Å². The van der Waals surface area contributed by atoms with E-state index in [4.69, 9.17) is 0 Å². The molecule has 2 N–H and O–H groups in total. The molecule has 0 aliphatic carbocycles. The molecule has 0 radical (unpaired) electrons. The Labute approximate surface area is 179 Å². The van der Waals surface area contributed by atoms with Crippen molar-refractivity contribution in [3.63, 3.8) is 0 Å². The summed E-state index contributed by atoms with van der Waals surface area (Å²) in [6.45, 7) is 7.60. The number of carbonyl (C=O) groups is 3. The third kappa shape index (κ3) is 3.71. The summed E-state index contributed by atoms with van der Waals surface area (Å²) in [5, 5.41) is 4.63. The van der Waals surface area contributed by atoms with E-state index in [1.54, 1.807) is 4.90 Å². The van der Waals surface area contributed by atoms with Gasteiger partial charge in [-0.05, 0) is 49.6 Å². The predicted molar refractivity (Wildman–Crippen MR) is 112 cm³/mol. The lowest BCUT2D eigenvalue weighted by molar-refractivity contribution is -0.123. The van der Waals surface area contributed by atoms with Gasteiger partial charge in [0, 0.05) is 32.4 Å². The van der Waals surface area contributed by atoms with Gasteiger partial charge in [0.05, 0.1) is 5.56 Å². The van der Waals surface area contributed by atoms with Crippen molar-refractivity contribution < 1.29 is 18.8 Å². The fraction of sp³-hybridized carbons (Fsp3) is 0.364. The highest BCUT2D eigenvalue weighted by Crippen LogP contribution is 2.27. The molecule has 31 heavy (non-hydrogen) atoms. The maximum Gasteiger partial charge on any atom is 0.322 e. The minimum absolute atomic E-state index is 0.0600. The van der Waals surface area contributed by atoms with Gasteiger partial charge in [0.2, 0.25) is 0 Å². The van der Waals surface area contributed by atoms with Gasteiger partial charge in [0.15, 0.2) is 0 Å². The van der Waals surface area contributed by atoms with Gasteiger partial charge < -0.3 is 15.1 Å². The highest BCUT2D eigenvalue weighted by Gasteiger charge is 2.43. The van der Waals surface area contributed by atoms with E-state index in [9.17, 15) is 18.8 Å². The van der Waals surface area contributed by atoms with Crippen LogP contribution in [0.25, 0.3) is 0 Å². The van der Waals surface area contributed by atoms with Gasteiger partial charge in [0.1, 0.15) is 17.2 Å². The molecular formula is C22H24FN5O3. The van der Waals surface area contributed by atoms with E-state index in [-0.39, 0.29) is 11.1 Å². The fourth-order valence-electron chi connectivity index (χ4n) is 4.08. The highest BCUT2D eigenvalue weighted by molar-refractivity contribution is 6.07. The van der Waals surface area contributed by atoms with Crippen molar-refractivity contribution in [3.05, 3.63) is 58.5 Å². The summed E-state index contributed by atoms with van der Waals surface area (Å²) in [6, 6.07) is 5.44. The Balaban J connectivity index is 1.47. The molecule has 1 aromatic heterocycles. The van der Waals surface area contributed by atoms with Crippen molar-refractivity contribution in [3.8, 4) is 0 Å². The van der Waals surface area contributed by atoms with E-state index in [1.807, 2.05) is 20.0 Å². The number of imide groups is 1. The molecule has 1 aromatic carbocycles. The summed E-state index contributed by atoms with van der Waals surface area (Å²) in [6.07, 6.45) is 1.82. The number of benzene rings is 1. The van der Waals surface area contributed by atoms with Crippen LogP contribution >= 0.6 is 0 Å². The molecule has 1 atom stereocenters. The Bertz CT molecular complexity index is 1080. The third-order valence-electron chi connectivity index (χ3n) is 5.88. The molecule has 2 aliphatic rings. The van der Waals surface area contributed by atoms with Crippen LogP contribution in [0.5, 0.6) is 0 Å². The second kappa shape index (κ2) is 7.64. The van der Waals surface area contributed by atoms with Gasteiger partial charge in [-0.3, -0.25) is 14.9 Å². The summed E-state index contributed by atoms with van der Waals surface area (Å²) in [4.78, 5) is 44.7. The number of carbonyl (C=O) groups excluding carboxylic acids is 3. The van der Waals surface area contributed by atoms with Crippen LogP contribution in [0.3, 0.4) is 0 Å². The summed E-state index contributed by atoms with van der Waals surface area (Å²) < 4.78 is 14.8. The molecule has 9 heteroatoms. The van der Waals surface area contributed by atoms with E-state index in [1.165, 1.54) is 19.1 Å². The molecule has 2 aromatic rings. The van der Waals surface area contributed by atoms with Gasteiger partial charge >= 0.3 is 6.03 Å². The number of nitrogens with zero attached hydrogens (tertiary/aromatic N) is 3. The van der Waals surface area contributed by atoms with Crippen molar-refractivity contribution in [2.75, 3.05) is 31.1 Å². The molecule has 2 aliphatic heterocycles. The average Bonchev–Trinajstić information content (AvgIpc) is 3.00. The first-order valence-corrected chi connectivity index (χ1v) is 10.1. The first-order valence-electron chi connectivity index (χ1n) is 10.1. The Morgan fingerprint density at radius 3 is 2.42 bits per heavy atom. The van der Waals surface area contributed by atoms with Crippen LogP contribution in [0.4, 0.5) is 15.0 Å². The fourth-order valence-corrected chi connectivity index (χ4v) is 4.08. The lowest BCUT2D eigenvalue weighted by atomic mass is 9.91. The standard InChI is InChI=1S/C22H24FN5O3/c1-13-10-14(2)18(24-12-13)27-6-8-28(9-7-27)19(29)16-5-4-15(11-17(16)23)22(3)20(30)25-21(31)26-22/h4-5,10-12H,6-9H2,1-3H3,(H2,25,26,30,31)/t22-/m1/s1. The van der Waals surface area contributed by atoms with Crippen LogP contribution < -0.4 is 15.5 Å². The van der Waals surface area contributed by atoms with Crippen LogP contribution in [0.15, 0.2) is 30.5 Å². The molecule has 3 heterocycles. The molecule has 0 saturated carbocycles. The minimum Gasteiger partial charge on any atom is -0.353 e.